The Morgan fingerprint density at radius 1 is 1.03 bits per heavy atom. The molecule has 9 nitrogen and oxygen atoms in total. The fourth-order valence-corrected chi connectivity index (χ4v) is 5.60. The number of hydrogen-bond donors (Lipinski definition) is 1. The van der Waals surface area contributed by atoms with Gasteiger partial charge < -0.3 is 9.72 Å². The average molecular weight is 522 g/mol. The molecule has 0 radical (unpaired) electrons. The van der Waals surface area contributed by atoms with Gasteiger partial charge in [0.25, 0.3) is 5.56 Å². The zero-order chi connectivity index (χ0) is 26.6. The van der Waals surface area contributed by atoms with E-state index in [1.807, 2.05) is 59.4 Å². The molecule has 3 heterocycles. The predicted molar refractivity (Wildman–Crippen MR) is 148 cm³/mol. The molecule has 1 N–H and O–H groups in total. The number of hydrogen-bond acceptors (Lipinski definition) is 7. The summed E-state index contributed by atoms with van der Waals surface area (Å²) in [6, 6.07) is 21.6. The van der Waals surface area contributed by atoms with E-state index in [0.717, 1.165) is 53.5 Å². The quantitative estimate of drug-likeness (QED) is 0.297. The van der Waals surface area contributed by atoms with Crippen LogP contribution >= 0.6 is 0 Å². The van der Waals surface area contributed by atoms with E-state index in [9.17, 15) is 4.79 Å². The summed E-state index contributed by atoms with van der Waals surface area (Å²) in [5.41, 5.74) is 3.34. The Labute approximate surface area is 226 Å². The molecule has 9 heteroatoms. The smallest absolute Gasteiger partial charge is 0.253 e. The van der Waals surface area contributed by atoms with Crippen LogP contribution in [0.25, 0.3) is 10.9 Å². The van der Waals surface area contributed by atoms with Gasteiger partial charge in [0, 0.05) is 41.9 Å². The number of aromatic nitrogens is 6. The van der Waals surface area contributed by atoms with Crippen LogP contribution in [0.4, 0.5) is 0 Å². The Kier molecular flexibility index (Phi) is 7.14. The highest BCUT2D eigenvalue weighted by Gasteiger charge is 2.33. The number of methoxy groups -OCH3 is 1. The van der Waals surface area contributed by atoms with Crippen LogP contribution < -0.4 is 10.3 Å². The van der Waals surface area contributed by atoms with Crippen molar-refractivity contribution in [2.45, 2.75) is 50.9 Å². The molecular weight excluding hydrogens is 490 g/mol. The molecule has 2 aromatic carbocycles. The first-order valence-electron chi connectivity index (χ1n) is 13.3. The number of tetrazole rings is 1. The van der Waals surface area contributed by atoms with Crippen LogP contribution in [0.5, 0.6) is 5.75 Å². The van der Waals surface area contributed by atoms with Gasteiger partial charge in [-0.15, -0.1) is 5.10 Å². The van der Waals surface area contributed by atoms with Crippen LogP contribution in [-0.2, 0) is 13.1 Å². The van der Waals surface area contributed by atoms with E-state index in [-0.39, 0.29) is 11.6 Å². The molecule has 39 heavy (non-hydrogen) atoms. The van der Waals surface area contributed by atoms with Crippen LogP contribution in [-0.4, -0.2) is 42.2 Å². The highest BCUT2D eigenvalue weighted by atomic mass is 16.5. The number of nitrogens with zero attached hydrogens (tertiary/aromatic N) is 6. The highest BCUT2D eigenvalue weighted by molar-refractivity contribution is 5.80. The Balaban J connectivity index is 1.54. The summed E-state index contributed by atoms with van der Waals surface area (Å²) in [5.74, 6) is 1.40. The summed E-state index contributed by atoms with van der Waals surface area (Å²) in [6.07, 6.45) is 7.98. The maximum Gasteiger partial charge on any atom is 0.253 e. The molecule has 5 aromatic rings. The van der Waals surface area contributed by atoms with E-state index in [1.165, 1.54) is 0 Å². The Hall–Kier alpha value is -4.37. The minimum absolute atomic E-state index is 0.164. The number of benzene rings is 2. The van der Waals surface area contributed by atoms with Crippen LogP contribution in [0.3, 0.4) is 0 Å². The predicted octanol–water partition coefficient (Wildman–Crippen LogP) is 4.83. The molecule has 0 bridgehead atoms. The first-order valence-corrected chi connectivity index (χ1v) is 13.3. The summed E-state index contributed by atoms with van der Waals surface area (Å²) in [7, 11) is 1.64. The Morgan fingerprint density at radius 2 is 1.82 bits per heavy atom. The largest absolute Gasteiger partial charge is 0.497 e. The van der Waals surface area contributed by atoms with Gasteiger partial charge in [-0.1, -0.05) is 49.2 Å². The van der Waals surface area contributed by atoms with Crippen molar-refractivity contribution in [1.82, 2.24) is 35.1 Å². The second-order valence-electron chi connectivity index (χ2n) is 10.1. The minimum atomic E-state index is -0.500. The van der Waals surface area contributed by atoms with Crippen molar-refractivity contribution in [3.63, 3.8) is 0 Å². The first-order chi connectivity index (χ1) is 19.2. The molecule has 1 aliphatic carbocycles. The summed E-state index contributed by atoms with van der Waals surface area (Å²) in [6.45, 7) is 1.15. The van der Waals surface area contributed by atoms with Crippen LogP contribution in [0.1, 0.15) is 60.3 Å². The van der Waals surface area contributed by atoms with Crippen LogP contribution in [0.2, 0.25) is 0 Å². The van der Waals surface area contributed by atoms with Gasteiger partial charge in [0.15, 0.2) is 5.82 Å². The van der Waals surface area contributed by atoms with Crippen molar-refractivity contribution in [3.8, 4) is 5.75 Å². The third kappa shape index (κ3) is 5.31. The molecule has 6 rings (SSSR count). The van der Waals surface area contributed by atoms with Gasteiger partial charge in [-0.05, 0) is 64.7 Å². The van der Waals surface area contributed by atoms with Crippen molar-refractivity contribution < 1.29 is 4.74 Å². The van der Waals surface area contributed by atoms with Crippen LogP contribution in [0, 0.1) is 0 Å². The van der Waals surface area contributed by atoms with Crippen molar-refractivity contribution in [3.05, 3.63) is 112 Å². The number of nitrogens with one attached hydrogen (secondary N) is 1. The number of fused-ring (bicyclic) bond motifs is 1. The summed E-state index contributed by atoms with van der Waals surface area (Å²) < 4.78 is 7.42. The fourth-order valence-electron chi connectivity index (χ4n) is 5.60. The Bertz CT molecular complexity index is 1550. The molecule has 1 atom stereocenters. The summed E-state index contributed by atoms with van der Waals surface area (Å²) >= 11 is 0. The highest BCUT2D eigenvalue weighted by Crippen LogP contribution is 2.35. The number of pyridine rings is 2. The monoisotopic (exact) mass is 521 g/mol. The SMILES string of the molecule is COc1ccc2[nH]c(=O)c(C(c3nnnn3C3CCCC3)N(Cc3ccccc3)Cc3cccnc3)cc2c1. The average Bonchev–Trinajstić information content (AvgIpc) is 3.67. The van der Waals surface area contributed by atoms with Gasteiger partial charge >= 0.3 is 0 Å². The second-order valence-corrected chi connectivity index (χ2v) is 10.1. The molecule has 0 amide bonds. The molecule has 198 valence electrons. The van der Waals surface area contributed by atoms with Crippen molar-refractivity contribution in [2.75, 3.05) is 7.11 Å². The standard InChI is InChI=1S/C30H31N7O2/c1-39-25-13-14-27-23(16-25)17-26(30(38)32-27)28(29-33-34-35-37(29)24-11-5-6-12-24)36(19-21-8-3-2-4-9-21)20-22-10-7-15-31-18-22/h2-4,7-10,13-18,24,28H,5-6,11-12,19-20H2,1H3,(H,32,38). The van der Waals surface area contributed by atoms with E-state index in [1.54, 1.807) is 13.3 Å². The number of rotatable bonds is 9. The normalized spacial score (nSPS) is 14.7. The number of aromatic amines is 1. The molecular formula is C30H31N7O2. The van der Waals surface area contributed by atoms with Gasteiger partial charge in [0.1, 0.15) is 11.8 Å². The molecule has 1 unspecified atom stereocenters. The topological polar surface area (TPSA) is 102 Å². The van der Waals surface area contributed by atoms with Gasteiger partial charge in [-0.3, -0.25) is 14.7 Å². The molecule has 0 spiro atoms. The van der Waals surface area contributed by atoms with E-state index < -0.39 is 6.04 Å². The van der Waals surface area contributed by atoms with Crippen molar-refractivity contribution in [1.29, 1.82) is 0 Å². The molecule has 1 saturated carbocycles. The zero-order valence-corrected chi connectivity index (χ0v) is 21.9. The lowest BCUT2D eigenvalue weighted by molar-refractivity contribution is 0.190. The van der Waals surface area contributed by atoms with Gasteiger partial charge in [-0.2, -0.15) is 0 Å². The van der Waals surface area contributed by atoms with E-state index >= 15 is 0 Å². The minimum Gasteiger partial charge on any atom is -0.497 e. The third-order valence-corrected chi connectivity index (χ3v) is 7.51. The van der Waals surface area contributed by atoms with Gasteiger partial charge in [0.2, 0.25) is 0 Å². The van der Waals surface area contributed by atoms with E-state index in [0.29, 0.717) is 24.5 Å². The molecule has 0 aliphatic heterocycles. The number of ether oxygens (including phenoxy) is 1. The van der Waals surface area contributed by atoms with Crippen molar-refractivity contribution >= 4 is 10.9 Å². The van der Waals surface area contributed by atoms with Gasteiger partial charge in [0.05, 0.1) is 13.2 Å². The summed E-state index contributed by atoms with van der Waals surface area (Å²) in [4.78, 5) is 23.5. The lowest BCUT2D eigenvalue weighted by atomic mass is 10.0. The van der Waals surface area contributed by atoms with E-state index in [2.05, 4.69) is 48.6 Å². The molecule has 1 fully saturated rings. The maximum atomic E-state index is 13.8. The summed E-state index contributed by atoms with van der Waals surface area (Å²) in [5, 5.41) is 14.0. The molecule has 3 aromatic heterocycles. The van der Waals surface area contributed by atoms with Crippen LogP contribution in [0.15, 0.2) is 83.9 Å². The van der Waals surface area contributed by atoms with Crippen molar-refractivity contribution in [2.24, 2.45) is 0 Å². The lowest BCUT2D eigenvalue weighted by Gasteiger charge is -2.31. The zero-order valence-electron chi connectivity index (χ0n) is 21.9. The molecule has 0 saturated heterocycles. The Morgan fingerprint density at radius 3 is 2.59 bits per heavy atom. The first kappa shape index (κ1) is 24.9. The second kappa shape index (κ2) is 11.2. The fraction of sp³-hybridized carbons (Fsp3) is 0.300. The third-order valence-electron chi connectivity index (χ3n) is 7.51. The lowest BCUT2D eigenvalue weighted by Crippen LogP contribution is -2.35. The maximum absolute atomic E-state index is 13.8. The van der Waals surface area contributed by atoms with Gasteiger partial charge in [-0.25, -0.2) is 4.68 Å². The molecule has 1 aliphatic rings. The van der Waals surface area contributed by atoms with E-state index in [4.69, 9.17) is 4.74 Å². The number of H-pyrrole nitrogens is 1.